The molecule has 2 fully saturated rings. The summed E-state index contributed by atoms with van der Waals surface area (Å²) in [6.07, 6.45) is 2.39. The molecule has 3 aromatic heterocycles. The first kappa shape index (κ1) is 45.0. The average Bonchev–Trinajstić information content (AvgIpc) is 3.99. The molecule has 3 aliphatic heterocycles. The highest BCUT2D eigenvalue weighted by Gasteiger charge is 2.48. The smallest absolute Gasteiger partial charge is 0.324 e. The number of nitrogens with zero attached hydrogens (tertiary/aromatic N) is 6. The number of likely N-dealkylation sites (tertiary alicyclic amines) is 1. The molecule has 0 saturated carbocycles. The van der Waals surface area contributed by atoms with E-state index in [1.807, 2.05) is 38.3 Å². The number of cyclic esters (lactones) is 1. The van der Waals surface area contributed by atoms with E-state index in [0.717, 1.165) is 44.7 Å². The van der Waals surface area contributed by atoms with Crippen molar-refractivity contribution >= 4 is 51.8 Å². The first-order valence-electron chi connectivity index (χ1n) is 22.1. The van der Waals surface area contributed by atoms with Crippen molar-refractivity contribution in [3.63, 3.8) is 0 Å². The molecule has 64 heavy (non-hydrogen) atoms. The standard InChI is InChI=1S/C48H58N8O7S/c1-10-13-37(57)55-22-27(4)31(23-55)45(59)54(8)41(26(2)3)44(58)51-33-21-36-50-34(24-64-36)28-16-17-35-30(20-28)38-39(43(62-9)40-29(14-11-18-49-40)42(38)53(35)7)48(5,6)25-63-47(61)32-15-12-19-56(52-32)46(33)60/h11,14,16-18,20,24,26-27,31-33,39,41,43,52H,12,15,19,21-23,25H2,1-9H3,(H,51,58)/t27-,31+,32-,33-,39?,41-,43-/m0/s1. The maximum atomic E-state index is 14.7. The fourth-order valence-electron chi connectivity index (χ4n) is 10.4. The SMILES string of the molecule is CC#CC(=O)N1C[C@H](C)[C@H](C(=O)N(C)[C@H](C(=O)N[C@H]2Cc3nc(cs3)-c3ccc4c(c3)c3c(n4C)-c4cccnc4[C@@H](OC)C3C(C)(C)COC(=O)[C@@H]3CCCN(N3)C2=O)C(C)C)C1. The molecule has 16 heteroatoms. The Morgan fingerprint density at radius 1 is 1.16 bits per heavy atom. The third kappa shape index (κ3) is 8.07. The van der Waals surface area contributed by atoms with E-state index in [4.69, 9.17) is 19.4 Å². The van der Waals surface area contributed by atoms with E-state index in [1.165, 1.54) is 21.2 Å². The largest absolute Gasteiger partial charge is 0.464 e. The molecule has 8 rings (SSSR count). The summed E-state index contributed by atoms with van der Waals surface area (Å²) in [6, 6.07) is 7.48. The number of carbonyl (C=O) groups excluding carboxylic acids is 5. The lowest BCUT2D eigenvalue weighted by molar-refractivity contribution is -0.156. The van der Waals surface area contributed by atoms with Crippen LogP contribution in [0.2, 0.25) is 0 Å². The van der Waals surface area contributed by atoms with Gasteiger partial charge in [-0.3, -0.25) is 34.0 Å². The molecular formula is C48H58N8O7S. The van der Waals surface area contributed by atoms with Gasteiger partial charge in [0.25, 0.3) is 11.8 Å². The zero-order valence-corrected chi connectivity index (χ0v) is 38.9. The van der Waals surface area contributed by atoms with E-state index in [2.05, 4.69) is 66.2 Å². The highest BCUT2D eigenvalue weighted by atomic mass is 32.1. The summed E-state index contributed by atoms with van der Waals surface area (Å²) in [5.74, 6) is 1.95. The van der Waals surface area contributed by atoms with Gasteiger partial charge in [-0.05, 0) is 67.4 Å². The molecule has 6 bridgehead atoms. The number of rotatable bonds is 6. The molecule has 7 atom stereocenters. The predicted molar refractivity (Wildman–Crippen MR) is 242 cm³/mol. The molecule has 15 nitrogen and oxygen atoms in total. The third-order valence-electron chi connectivity index (χ3n) is 13.6. The number of aromatic nitrogens is 3. The van der Waals surface area contributed by atoms with Crippen molar-refractivity contribution < 1.29 is 33.4 Å². The van der Waals surface area contributed by atoms with E-state index < -0.39 is 53.3 Å². The van der Waals surface area contributed by atoms with Gasteiger partial charge >= 0.3 is 5.97 Å². The van der Waals surface area contributed by atoms with Gasteiger partial charge < -0.3 is 29.2 Å². The van der Waals surface area contributed by atoms with Crippen molar-refractivity contribution in [3.8, 4) is 34.4 Å². The minimum Gasteiger partial charge on any atom is -0.464 e. The van der Waals surface area contributed by atoms with Gasteiger partial charge in [0, 0.05) is 92.2 Å². The van der Waals surface area contributed by atoms with Crippen molar-refractivity contribution in [2.24, 2.45) is 30.2 Å². The number of carbonyl (C=O) groups is 5. The molecule has 2 saturated heterocycles. The number of nitrogens with one attached hydrogen (secondary N) is 2. The Balaban J connectivity index is 1.16. The third-order valence-corrected chi connectivity index (χ3v) is 14.5. The van der Waals surface area contributed by atoms with Gasteiger partial charge in [0.15, 0.2) is 0 Å². The van der Waals surface area contributed by atoms with Gasteiger partial charge in [-0.15, -0.1) is 11.3 Å². The number of methoxy groups -OCH3 is 1. The van der Waals surface area contributed by atoms with Crippen LogP contribution < -0.4 is 10.7 Å². The Morgan fingerprint density at radius 3 is 2.67 bits per heavy atom. The summed E-state index contributed by atoms with van der Waals surface area (Å²) in [4.78, 5) is 82.8. The topological polar surface area (TPSA) is 168 Å². The summed E-state index contributed by atoms with van der Waals surface area (Å²) in [5.41, 5.74) is 9.06. The van der Waals surface area contributed by atoms with E-state index in [-0.39, 0.29) is 49.1 Å². The number of amides is 4. The number of benzene rings is 1. The molecule has 1 aliphatic carbocycles. The molecule has 2 N–H and O–H groups in total. The quantitative estimate of drug-likeness (QED) is 0.202. The Morgan fingerprint density at radius 2 is 1.94 bits per heavy atom. The van der Waals surface area contributed by atoms with Crippen molar-refractivity contribution in [1.29, 1.82) is 0 Å². The number of thiazole rings is 1. The Bertz CT molecular complexity index is 2570. The number of pyridine rings is 1. The summed E-state index contributed by atoms with van der Waals surface area (Å²) < 4.78 is 14.7. The molecular weight excluding hydrogens is 833 g/mol. The van der Waals surface area contributed by atoms with Crippen molar-refractivity contribution in [1.82, 2.24) is 40.1 Å². The summed E-state index contributed by atoms with van der Waals surface area (Å²) >= 11 is 1.40. The first-order valence-corrected chi connectivity index (χ1v) is 23.0. The number of hydrazine groups is 1. The van der Waals surface area contributed by atoms with E-state index in [9.17, 15) is 24.0 Å². The minimum atomic E-state index is -1.09. The first-order chi connectivity index (χ1) is 30.5. The van der Waals surface area contributed by atoms with Crippen molar-refractivity contribution in [2.45, 2.75) is 91.0 Å². The van der Waals surface area contributed by atoms with Crippen LogP contribution in [0.4, 0.5) is 0 Å². The van der Waals surface area contributed by atoms with Crippen LogP contribution >= 0.6 is 11.3 Å². The lowest BCUT2D eigenvalue weighted by Crippen LogP contribution is -2.62. The molecule has 4 aliphatic rings. The van der Waals surface area contributed by atoms with E-state index in [0.29, 0.717) is 30.9 Å². The molecule has 0 radical (unpaired) electrons. The van der Waals surface area contributed by atoms with Crippen LogP contribution in [-0.4, -0.2) is 117 Å². The summed E-state index contributed by atoms with van der Waals surface area (Å²) in [5, 5.41) is 8.05. The fourth-order valence-corrected chi connectivity index (χ4v) is 11.2. The van der Waals surface area contributed by atoms with Gasteiger partial charge in [0.2, 0.25) is 11.8 Å². The summed E-state index contributed by atoms with van der Waals surface area (Å²) in [7, 11) is 5.36. The number of aryl methyl sites for hydroxylation is 1. The number of hydrogen-bond acceptors (Lipinski definition) is 11. The van der Waals surface area contributed by atoms with Gasteiger partial charge in [-0.1, -0.05) is 46.6 Å². The molecule has 1 unspecified atom stereocenters. The normalized spacial score (nSPS) is 24.6. The lowest BCUT2D eigenvalue weighted by atomic mass is 9.67. The van der Waals surface area contributed by atoms with Gasteiger partial charge in [0.1, 0.15) is 24.2 Å². The van der Waals surface area contributed by atoms with Gasteiger partial charge in [0.05, 0.1) is 34.6 Å². The molecule has 4 aromatic rings. The van der Waals surface area contributed by atoms with Gasteiger partial charge in [-0.2, -0.15) is 0 Å². The zero-order chi connectivity index (χ0) is 45.8. The monoisotopic (exact) mass is 890 g/mol. The molecule has 4 amide bonds. The minimum absolute atomic E-state index is 0.0674. The van der Waals surface area contributed by atoms with Crippen LogP contribution in [0.1, 0.15) is 82.7 Å². The molecule has 0 spiro atoms. The Kier molecular flexibility index (Phi) is 12.5. The van der Waals surface area contributed by atoms with E-state index in [1.54, 1.807) is 32.2 Å². The molecule has 1 aromatic carbocycles. The lowest BCUT2D eigenvalue weighted by Gasteiger charge is -2.42. The second kappa shape index (κ2) is 17.7. The van der Waals surface area contributed by atoms with Crippen LogP contribution in [0.3, 0.4) is 0 Å². The molecule has 6 heterocycles. The van der Waals surface area contributed by atoms with Crippen LogP contribution in [-0.2, 0) is 46.9 Å². The highest BCUT2D eigenvalue weighted by Crippen LogP contribution is 2.56. The number of ether oxygens (including phenoxy) is 2. The van der Waals surface area contributed by atoms with E-state index >= 15 is 0 Å². The maximum Gasteiger partial charge on any atom is 0.324 e. The number of hydrogen-bond donors (Lipinski definition) is 2. The maximum absolute atomic E-state index is 14.7. The predicted octanol–water partition coefficient (Wildman–Crippen LogP) is 4.86. The van der Waals surface area contributed by atoms with Crippen LogP contribution in [0, 0.1) is 35.0 Å². The fraction of sp³-hybridized carbons (Fsp3) is 0.521. The number of fused-ring (bicyclic) bond motifs is 8. The van der Waals surface area contributed by atoms with Crippen LogP contribution in [0.5, 0.6) is 0 Å². The Labute approximate surface area is 378 Å². The Hall–Kier alpha value is -5.63. The van der Waals surface area contributed by atoms with Gasteiger partial charge in [-0.25, -0.2) is 10.4 Å². The second-order valence-electron chi connectivity index (χ2n) is 18.7. The van der Waals surface area contributed by atoms with Crippen LogP contribution in [0.25, 0.3) is 33.4 Å². The van der Waals surface area contributed by atoms with Crippen molar-refractivity contribution in [2.75, 3.05) is 40.4 Å². The zero-order valence-electron chi connectivity index (χ0n) is 38.1. The number of esters is 1. The average molecular weight is 891 g/mol. The molecule has 338 valence electrons. The number of likely N-dealkylation sites (N-methyl/N-ethyl adjacent to an activating group) is 1. The second-order valence-corrected chi connectivity index (χ2v) is 19.7. The highest BCUT2D eigenvalue weighted by molar-refractivity contribution is 7.10. The van der Waals surface area contributed by atoms with Crippen molar-refractivity contribution in [3.05, 3.63) is 58.2 Å². The van der Waals surface area contributed by atoms with Crippen LogP contribution in [0.15, 0.2) is 41.9 Å². The summed E-state index contributed by atoms with van der Waals surface area (Å²) in [6.45, 7) is 12.4.